The van der Waals surface area contributed by atoms with Crippen LogP contribution in [0.3, 0.4) is 0 Å². The quantitative estimate of drug-likeness (QED) is 0.178. The van der Waals surface area contributed by atoms with Gasteiger partial charge < -0.3 is 9.13 Å². The lowest BCUT2D eigenvalue weighted by molar-refractivity contribution is 1.17. The second kappa shape index (κ2) is 10.4. The van der Waals surface area contributed by atoms with Crippen molar-refractivity contribution in [3.63, 3.8) is 0 Å². The Morgan fingerprint density at radius 2 is 0.674 bits per heavy atom. The lowest BCUT2D eigenvalue weighted by Crippen LogP contribution is -1.95. The average molecular weight is 589 g/mol. The Morgan fingerprint density at radius 3 is 1.20 bits per heavy atom. The molecular weight excluding hydrogens is 556 g/mol. The number of hydrogen-bond donors (Lipinski definition) is 0. The summed E-state index contributed by atoms with van der Waals surface area (Å²) in [5.74, 6) is 0. The molecule has 0 N–H and O–H groups in total. The van der Waals surface area contributed by atoms with Crippen LogP contribution in [0.5, 0.6) is 0 Å². The zero-order valence-corrected chi connectivity index (χ0v) is 25.9. The van der Waals surface area contributed by atoms with Crippen molar-refractivity contribution in [1.82, 2.24) is 9.13 Å². The standard InChI is InChI=1S/C42H26N2.C2H6/c1-2-12-27(13-3-1)43-37-20-10-8-18-34(37)41-39(43)24-25-40-42(41)35-19-9-11-21-38(35)44(40)28-22-23-33-31-16-5-4-14-29(31)30-15-6-7-17-32(30)36(33)26-28;1-2/h1-26H;1-2H3. The fourth-order valence-corrected chi connectivity index (χ4v) is 7.69. The highest BCUT2D eigenvalue weighted by Gasteiger charge is 2.20. The summed E-state index contributed by atoms with van der Waals surface area (Å²) in [6.45, 7) is 4.00. The van der Waals surface area contributed by atoms with Gasteiger partial charge in [-0.05, 0) is 80.8 Å². The van der Waals surface area contributed by atoms with Gasteiger partial charge in [0.2, 0.25) is 0 Å². The van der Waals surface area contributed by atoms with E-state index in [0.29, 0.717) is 0 Å². The molecule has 2 nitrogen and oxygen atoms in total. The van der Waals surface area contributed by atoms with Gasteiger partial charge in [0.05, 0.1) is 22.1 Å². The Morgan fingerprint density at radius 1 is 0.283 bits per heavy atom. The molecule has 0 saturated heterocycles. The Bertz CT molecular complexity index is 2730. The van der Waals surface area contributed by atoms with Gasteiger partial charge in [-0.2, -0.15) is 0 Å². The summed E-state index contributed by atoms with van der Waals surface area (Å²) in [6.07, 6.45) is 0. The van der Waals surface area contributed by atoms with E-state index in [-0.39, 0.29) is 0 Å². The Labute approximate surface area is 267 Å². The van der Waals surface area contributed by atoms with Crippen LogP contribution in [0.4, 0.5) is 0 Å². The number of para-hydroxylation sites is 3. The first-order chi connectivity index (χ1) is 22.9. The molecule has 8 aromatic carbocycles. The predicted molar refractivity (Wildman–Crippen MR) is 199 cm³/mol. The topological polar surface area (TPSA) is 9.86 Å². The molecule has 0 spiro atoms. The van der Waals surface area contributed by atoms with Gasteiger partial charge in [-0.15, -0.1) is 0 Å². The van der Waals surface area contributed by atoms with E-state index < -0.39 is 0 Å². The molecule has 0 aliphatic carbocycles. The smallest absolute Gasteiger partial charge is 0.0548 e. The van der Waals surface area contributed by atoms with Gasteiger partial charge in [0.25, 0.3) is 0 Å². The highest BCUT2D eigenvalue weighted by molar-refractivity contribution is 6.29. The van der Waals surface area contributed by atoms with E-state index in [1.165, 1.54) is 87.3 Å². The third kappa shape index (κ3) is 3.64. The van der Waals surface area contributed by atoms with Crippen LogP contribution in [0, 0.1) is 0 Å². The Hall–Kier alpha value is -5.86. The van der Waals surface area contributed by atoms with Crippen LogP contribution in [-0.4, -0.2) is 9.13 Å². The maximum Gasteiger partial charge on any atom is 0.0548 e. The first-order valence-corrected chi connectivity index (χ1v) is 16.2. The van der Waals surface area contributed by atoms with Gasteiger partial charge in [0, 0.05) is 32.9 Å². The summed E-state index contributed by atoms with van der Waals surface area (Å²) in [7, 11) is 0. The summed E-state index contributed by atoms with van der Waals surface area (Å²) in [5, 5.41) is 12.9. The van der Waals surface area contributed by atoms with E-state index in [0.717, 1.165) is 0 Å². The summed E-state index contributed by atoms with van der Waals surface area (Å²) in [5.41, 5.74) is 7.24. The summed E-state index contributed by atoms with van der Waals surface area (Å²) in [4.78, 5) is 0. The molecule has 0 aliphatic heterocycles. The zero-order chi connectivity index (χ0) is 30.8. The van der Waals surface area contributed by atoms with Gasteiger partial charge in [-0.25, -0.2) is 0 Å². The maximum absolute atomic E-state index is 2.46. The van der Waals surface area contributed by atoms with Crippen molar-refractivity contribution in [2.45, 2.75) is 13.8 Å². The van der Waals surface area contributed by atoms with Gasteiger partial charge in [-0.3, -0.25) is 0 Å². The second-order valence-corrected chi connectivity index (χ2v) is 11.7. The van der Waals surface area contributed by atoms with E-state index in [1.807, 2.05) is 13.8 Å². The monoisotopic (exact) mass is 588 g/mol. The number of hydrogen-bond acceptors (Lipinski definition) is 0. The Balaban J connectivity index is 0.00000143. The van der Waals surface area contributed by atoms with Crippen LogP contribution >= 0.6 is 0 Å². The molecule has 10 rings (SSSR count). The van der Waals surface area contributed by atoms with E-state index in [9.17, 15) is 0 Å². The van der Waals surface area contributed by atoms with Crippen molar-refractivity contribution >= 4 is 75.9 Å². The first kappa shape index (κ1) is 26.5. The average Bonchev–Trinajstić information content (AvgIpc) is 3.66. The number of aromatic nitrogens is 2. The molecule has 10 aromatic rings. The second-order valence-electron chi connectivity index (χ2n) is 11.7. The van der Waals surface area contributed by atoms with Crippen LogP contribution < -0.4 is 0 Å². The molecule has 46 heavy (non-hydrogen) atoms. The summed E-state index contributed by atoms with van der Waals surface area (Å²) in [6, 6.07) is 57.7. The van der Waals surface area contributed by atoms with Crippen LogP contribution in [0.1, 0.15) is 13.8 Å². The van der Waals surface area contributed by atoms with E-state index >= 15 is 0 Å². The van der Waals surface area contributed by atoms with Crippen LogP contribution in [0.15, 0.2) is 158 Å². The molecule has 0 bridgehead atoms. The normalized spacial score (nSPS) is 11.7. The van der Waals surface area contributed by atoms with Crippen molar-refractivity contribution in [2.24, 2.45) is 0 Å². The molecule has 218 valence electrons. The van der Waals surface area contributed by atoms with E-state index in [1.54, 1.807) is 0 Å². The van der Waals surface area contributed by atoms with Crippen molar-refractivity contribution in [3.8, 4) is 11.4 Å². The lowest BCUT2D eigenvalue weighted by Gasteiger charge is -2.14. The molecule has 0 atom stereocenters. The molecule has 2 aromatic heterocycles. The van der Waals surface area contributed by atoms with Crippen molar-refractivity contribution in [3.05, 3.63) is 158 Å². The van der Waals surface area contributed by atoms with Crippen LogP contribution in [0.2, 0.25) is 0 Å². The third-order valence-electron chi connectivity index (χ3n) is 9.47. The molecule has 0 amide bonds. The minimum atomic E-state index is 1.18. The van der Waals surface area contributed by atoms with Crippen LogP contribution in [0.25, 0.3) is 87.3 Å². The highest BCUT2D eigenvalue weighted by atomic mass is 15.0. The molecule has 0 aliphatic rings. The minimum absolute atomic E-state index is 1.18. The molecule has 2 heteroatoms. The van der Waals surface area contributed by atoms with Gasteiger partial charge in [0.1, 0.15) is 0 Å². The number of benzene rings is 8. The number of rotatable bonds is 2. The lowest BCUT2D eigenvalue weighted by atomic mass is 9.94. The molecule has 0 fully saturated rings. The molecule has 0 saturated carbocycles. The van der Waals surface area contributed by atoms with E-state index in [4.69, 9.17) is 0 Å². The van der Waals surface area contributed by atoms with Gasteiger partial charge in [0.15, 0.2) is 0 Å². The minimum Gasteiger partial charge on any atom is -0.309 e. The van der Waals surface area contributed by atoms with Crippen molar-refractivity contribution in [2.75, 3.05) is 0 Å². The fraction of sp³-hybridized carbons (Fsp3) is 0.0455. The number of fused-ring (bicyclic) bond motifs is 13. The van der Waals surface area contributed by atoms with Gasteiger partial charge in [-0.1, -0.05) is 123 Å². The Kier molecular flexibility index (Phi) is 5.97. The zero-order valence-electron chi connectivity index (χ0n) is 25.9. The van der Waals surface area contributed by atoms with Crippen molar-refractivity contribution in [1.29, 1.82) is 0 Å². The van der Waals surface area contributed by atoms with Gasteiger partial charge >= 0.3 is 0 Å². The third-order valence-corrected chi connectivity index (χ3v) is 9.47. The maximum atomic E-state index is 2.46. The SMILES string of the molecule is CC.c1ccc(-n2c3ccccc3c3c4c5ccccc5n(-c5ccc6c7ccccc7c7ccccc7c6c5)c4ccc32)cc1. The van der Waals surface area contributed by atoms with Crippen LogP contribution in [-0.2, 0) is 0 Å². The summed E-state index contributed by atoms with van der Waals surface area (Å²) < 4.78 is 4.87. The predicted octanol–water partition coefficient (Wildman–Crippen LogP) is 12.4. The molecule has 0 radical (unpaired) electrons. The molecule has 0 unspecified atom stereocenters. The highest BCUT2D eigenvalue weighted by Crippen LogP contribution is 2.43. The van der Waals surface area contributed by atoms with Crippen molar-refractivity contribution < 1.29 is 0 Å². The molecular formula is C44H32N2. The fourth-order valence-electron chi connectivity index (χ4n) is 7.69. The largest absolute Gasteiger partial charge is 0.309 e. The van der Waals surface area contributed by atoms with E-state index in [2.05, 4.69) is 167 Å². The number of nitrogens with zero attached hydrogens (tertiary/aromatic N) is 2. The summed E-state index contributed by atoms with van der Waals surface area (Å²) >= 11 is 0. The first-order valence-electron chi connectivity index (χ1n) is 16.2. The molecule has 2 heterocycles.